The Morgan fingerprint density at radius 3 is 2.52 bits per heavy atom. The Labute approximate surface area is 165 Å². The summed E-state index contributed by atoms with van der Waals surface area (Å²) in [5.41, 5.74) is 0. The Balaban J connectivity index is 1.40. The number of aliphatic imine (C=N–C) groups is 1. The van der Waals surface area contributed by atoms with Gasteiger partial charge in [0.15, 0.2) is 5.96 Å². The van der Waals surface area contributed by atoms with Crippen LogP contribution in [0.1, 0.15) is 51.9 Å². The minimum absolute atomic E-state index is 0.324. The van der Waals surface area contributed by atoms with Gasteiger partial charge in [-0.2, -0.15) is 0 Å². The number of nitrogens with zero attached hydrogens (tertiary/aromatic N) is 3. The monoisotopic (exact) mass is 380 g/mol. The fourth-order valence-corrected chi connectivity index (χ4v) is 4.30. The van der Waals surface area contributed by atoms with Crippen LogP contribution < -0.4 is 5.32 Å². The molecular formula is C21H40N4O2. The fraction of sp³-hybridized carbons (Fsp3) is 0.952. The smallest absolute Gasteiger partial charge is 0.193 e. The molecule has 0 aromatic heterocycles. The summed E-state index contributed by atoms with van der Waals surface area (Å²) in [7, 11) is 2.22. The first-order valence-electron chi connectivity index (χ1n) is 11.2. The molecule has 0 aliphatic carbocycles. The van der Waals surface area contributed by atoms with Crippen LogP contribution in [-0.4, -0.2) is 87.5 Å². The molecule has 3 fully saturated rings. The Morgan fingerprint density at radius 1 is 1.07 bits per heavy atom. The van der Waals surface area contributed by atoms with Crippen LogP contribution in [0.3, 0.4) is 0 Å². The van der Waals surface area contributed by atoms with Crippen LogP contribution in [0.4, 0.5) is 0 Å². The van der Waals surface area contributed by atoms with E-state index in [0.29, 0.717) is 12.2 Å². The Morgan fingerprint density at radius 2 is 1.85 bits per heavy atom. The van der Waals surface area contributed by atoms with Gasteiger partial charge in [-0.1, -0.05) is 0 Å². The second kappa shape index (κ2) is 11.2. The summed E-state index contributed by atoms with van der Waals surface area (Å²) in [5, 5.41) is 3.50. The maximum absolute atomic E-state index is 6.16. The van der Waals surface area contributed by atoms with Crippen LogP contribution in [0.2, 0.25) is 0 Å². The molecule has 27 heavy (non-hydrogen) atoms. The van der Waals surface area contributed by atoms with Crippen molar-refractivity contribution in [2.45, 2.75) is 64.1 Å². The SMILES string of the molecule is CCNC(=NCC1CCN(C)CC1)N1CCC(OCC2CCCCO2)CC1. The molecule has 0 aromatic rings. The molecule has 1 unspecified atom stereocenters. The minimum atomic E-state index is 0.324. The van der Waals surface area contributed by atoms with E-state index in [1.165, 1.54) is 38.8 Å². The molecule has 0 saturated carbocycles. The molecule has 3 saturated heterocycles. The van der Waals surface area contributed by atoms with Crippen molar-refractivity contribution in [3.63, 3.8) is 0 Å². The topological polar surface area (TPSA) is 49.3 Å². The maximum Gasteiger partial charge on any atom is 0.193 e. The molecule has 6 nitrogen and oxygen atoms in total. The number of likely N-dealkylation sites (tertiary alicyclic amines) is 2. The highest BCUT2D eigenvalue weighted by molar-refractivity contribution is 5.80. The summed E-state index contributed by atoms with van der Waals surface area (Å²) in [5.74, 6) is 1.84. The van der Waals surface area contributed by atoms with E-state index < -0.39 is 0 Å². The van der Waals surface area contributed by atoms with E-state index in [-0.39, 0.29) is 0 Å². The van der Waals surface area contributed by atoms with Gasteiger partial charge >= 0.3 is 0 Å². The molecule has 3 rings (SSSR count). The van der Waals surface area contributed by atoms with Gasteiger partial charge < -0.3 is 24.6 Å². The molecule has 0 radical (unpaired) electrons. The van der Waals surface area contributed by atoms with Gasteiger partial charge in [0.2, 0.25) is 0 Å². The van der Waals surface area contributed by atoms with Gasteiger partial charge in [0.1, 0.15) is 0 Å². The van der Waals surface area contributed by atoms with E-state index in [9.17, 15) is 0 Å². The standard InChI is InChI=1S/C21H40N4O2/c1-3-22-21(23-16-18-7-11-24(2)12-8-18)25-13-9-19(10-14-25)27-17-20-6-4-5-15-26-20/h18-20H,3-17H2,1-2H3,(H,22,23). The second-order valence-electron chi connectivity index (χ2n) is 8.45. The molecular weight excluding hydrogens is 340 g/mol. The molecule has 1 N–H and O–H groups in total. The third kappa shape index (κ3) is 6.91. The quantitative estimate of drug-likeness (QED) is 0.566. The lowest BCUT2D eigenvalue weighted by atomic mass is 9.97. The first-order chi connectivity index (χ1) is 13.2. The molecule has 0 spiro atoms. The van der Waals surface area contributed by atoms with Crippen molar-refractivity contribution in [1.82, 2.24) is 15.1 Å². The first kappa shape index (κ1) is 20.9. The molecule has 0 bridgehead atoms. The average Bonchev–Trinajstić information content (AvgIpc) is 2.72. The normalized spacial score (nSPS) is 27.1. The van der Waals surface area contributed by atoms with E-state index in [1.54, 1.807) is 0 Å². The van der Waals surface area contributed by atoms with Gasteiger partial charge in [-0.15, -0.1) is 0 Å². The number of nitrogens with one attached hydrogen (secondary N) is 1. The summed E-state index contributed by atoms with van der Waals surface area (Å²) in [4.78, 5) is 9.83. The van der Waals surface area contributed by atoms with E-state index in [2.05, 4.69) is 29.1 Å². The van der Waals surface area contributed by atoms with Crippen molar-refractivity contribution in [3.8, 4) is 0 Å². The zero-order valence-electron chi connectivity index (χ0n) is 17.5. The van der Waals surface area contributed by atoms with Gasteiger partial charge in [0.25, 0.3) is 0 Å². The molecule has 3 heterocycles. The zero-order chi connectivity index (χ0) is 18.9. The summed E-state index contributed by atoms with van der Waals surface area (Å²) in [6.07, 6.45) is 9.08. The molecule has 0 aromatic carbocycles. The number of hydrogen-bond acceptors (Lipinski definition) is 4. The van der Waals surface area contributed by atoms with Crippen molar-refractivity contribution < 1.29 is 9.47 Å². The van der Waals surface area contributed by atoms with Crippen LogP contribution in [-0.2, 0) is 9.47 Å². The molecule has 6 heteroatoms. The fourth-order valence-electron chi connectivity index (χ4n) is 4.30. The average molecular weight is 381 g/mol. The Bertz CT molecular complexity index is 437. The van der Waals surface area contributed by atoms with Crippen molar-refractivity contribution >= 4 is 5.96 Å². The van der Waals surface area contributed by atoms with Gasteiger partial charge in [0, 0.05) is 32.8 Å². The molecule has 3 aliphatic heterocycles. The van der Waals surface area contributed by atoms with Crippen molar-refractivity contribution in [1.29, 1.82) is 0 Å². The van der Waals surface area contributed by atoms with Crippen molar-refractivity contribution in [2.75, 3.05) is 59.5 Å². The minimum Gasteiger partial charge on any atom is -0.376 e. The number of guanidine groups is 1. The number of rotatable bonds is 6. The highest BCUT2D eigenvalue weighted by Crippen LogP contribution is 2.19. The van der Waals surface area contributed by atoms with Gasteiger partial charge in [0.05, 0.1) is 18.8 Å². The predicted molar refractivity (Wildman–Crippen MR) is 110 cm³/mol. The highest BCUT2D eigenvalue weighted by atomic mass is 16.5. The Kier molecular flexibility index (Phi) is 8.68. The van der Waals surface area contributed by atoms with E-state index >= 15 is 0 Å². The lowest BCUT2D eigenvalue weighted by Gasteiger charge is -2.35. The molecule has 1 atom stereocenters. The van der Waals surface area contributed by atoms with Crippen LogP contribution in [0.15, 0.2) is 4.99 Å². The number of hydrogen-bond donors (Lipinski definition) is 1. The lowest BCUT2D eigenvalue weighted by molar-refractivity contribution is -0.0721. The van der Waals surface area contributed by atoms with E-state index in [1.807, 2.05) is 0 Å². The molecule has 156 valence electrons. The summed E-state index contributed by atoms with van der Waals surface area (Å²) in [6, 6.07) is 0. The predicted octanol–water partition coefficient (Wildman–Crippen LogP) is 2.34. The summed E-state index contributed by atoms with van der Waals surface area (Å²) in [6.45, 7) is 10.2. The lowest BCUT2D eigenvalue weighted by Crippen LogP contribution is -2.47. The maximum atomic E-state index is 6.16. The highest BCUT2D eigenvalue weighted by Gasteiger charge is 2.24. The van der Waals surface area contributed by atoms with Gasteiger partial charge in [-0.25, -0.2) is 0 Å². The third-order valence-electron chi connectivity index (χ3n) is 6.21. The van der Waals surface area contributed by atoms with Crippen molar-refractivity contribution in [3.05, 3.63) is 0 Å². The molecule has 3 aliphatic rings. The van der Waals surface area contributed by atoms with Crippen LogP contribution in [0, 0.1) is 5.92 Å². The van der Waals surface area contributed by atoms with Gasteiger partial charge in [-0.3, -0.25) is 4.99 Å². The zero-order valence-corrected chi connectivity index (χ0v) is 17.5. The summed E-state index contributed by atoms with van der Waals surface area (Å²) < 4.78 is 11.9. The summed E-state index contributed by atoms with van der Waals surface area (Å²) >= 11 is 0. The number of piperidine rings is 2. The first-order valence-corrected chi connectivity index (χ1v) is 11.2. The van der Waals surface area contributed by atoms with E-state index in [4.69, 9.17) is 14.5 Å². The van der Waals surface area contributed by atoms with Gasteiger partial charge in [-0.05, 0) is 77.9 Å². The second-order valence-corrected chi connectivity index (χ2v) is 8.45. The van der Waals surface area contributed by atoms with Crippen molar-refractivity contribution in [2.24, 2.45) is 10.9 Å². The third-order valence-corrected chi connectivity index (χ3v) is 6.21. The molecule has 0 amide bonds. The van der Waals surface area contributed by atoms with Crippen LogP contribution >= 0.6 is 0 Å². The largest absolute Gasteiger partial charge is 0.376 e. The van der Waals surface area contributed by atoms with Crippen LogP contribution in [0.25, 0.3) is 0 Å². The van der Waals surface area contributed by atoms with Crippen LogP contribution in [0.5, 0.6) is 0 Å². The van der Waals surface area contributed by atoms with E-state index in [0.717, 1.165) is 70.5 Å². The Hall–Kier alpha value is -0.850. The number of ether oxygens (including phenoxy) is 2.